The van der Waals surface area contributed by atoms with Crippen molar-refractivity contribution in [1.82, 2.24) is 5.32 Å². The van der Waals surface area contributed by atoms with E-state index in [0.29, 0.717) is 12.5 Å². The number of azide groups is 1. The van der Waals surface area contributed by atoms with Gasteiger partial charge in [0, 0.05) is 4.91 Å². The molecular formula is C12H17ClN4. The summed E-state index contributed by atoms with van der Waals surface area (Å²) in [5, 5.41) is 6.92. The van der Waals surface area contributed by atoms with Gasteiger partial charge in [-0.3, -0.25) is 0 Å². The molecule has 1 aliphatic rings. The summed E-state index contributed by atoms with van der Waals surface area (Å²) in [5.41, 5.74) is 10.7. The molecule has 2 rings (SSSR count). The molecule has 0 unspecified atom stereocenters. The Balaban J connectivity index is 0.00000144. The second kappa shape index (κ2) is 7.17. The van der Waals surface area contributed by atoms with Crippen LogP contribution >= 0.6 is 12.4 Å². The molecule has 4 nitrogen and oxygen atoms in total. The van der Waals surface area contributed by atoms with Gasteiger partial charge in [0.2, 0.25) is 0 Å². The van der Waals surface area contributed by atoms with Crippen LogP contribution in [0.15, 0.2) is 29.4 Å². The highest BCUT2D eigenvalue weighted by Crippen LogP contribution is 2.25. The number of hydrogen-bond acceptors (Lipinski definition) is 2. The SMILES string of the molecule is Cl.[N-]=[N+]=NCc1ccc(C2CCNCC2)cc1. The van der Waals surface area contributed by atoms with Gasteiger partial charge >= 0.3 is 0 Å². The Hall–Kier alpha value is -1.22. The Morgan fingerprint density at radius 2 is 1.88 bits per heavy atom. The first-order valence-corrected chi connectivity index (χ1v) is 5.70. The van der Waals surface area contributed by atoms with Crippen LogP contribution in [0.1, 0.15) is 29.9 Å². The van der Waals surface area contributed by atoms with Crippen LogP contribution in [0.4, 0.5) is 0 Å². The lowest BCUT2D eigenvalue weighted by Crippen LogP contribution is -2.26. The molecule has 1 aliphatic heterocycles. The third-order valence-electron chi connectivity index (χ3n) is 3.11. The minimum Gasteiger partial charge on any atom is -0.317 e. The summed E-state index contributed by atoms with van der Waals surface area (Å²) in [6, 6.07) is 8.45. The molecule has 1 N–H and O–H groups in total. The molecular weight excluding hydrogens is 236 g/mol. The molecule has 1 heterocycles. The predicted molar refractivity (Wildman–Crippen MR) is 71.4 cm³/mol. The molecule has 0 atom stereocenters. The Bertz CT molecular complexity index is 378. The lowest BCUT2D eigenvalue weighted by molar-refractivity contribution is 0.460. The van der Waals surface area contributed by atoms with Crippen LogP contribution in [0.2, 0.25) is 0 Å². The highest BCUT2D eigenvalue weighted by Gasteiger charge is 2.14. The van der Waals surface area contributed by atoms with Crippen LogP contribution in [0.25, 0.3) is 10.4 Å². The number of nitrogens with zero attached hydrogens (tertiary/aromatic N) is 3. The first-order valence-electron chi connectivity index (χ1n) is 5.70. The second-order valence-corrected chi connectivity index (χ2v) is 4.15. The van der Waals surface area contributed by atoms with Crippen molar-refractivity contribution in [3.63, 3.8) is 0 Å². The molecule has 0 radical (unpaired) electrons. The maximum Gasteiger partial charge on any atom is 0.0510 e. The van der Waals surface area contributed by atoms with Gasteiger partial charge in [-0.05, 0) is 48.5 Å². The Kier molecular flexibility index (Phi) is 5.84. The number of nitrogens with one attached hydrogen (secondary N) is 1. The molecule has 1 aromatic carbocycles. The van der Waals surface area contributed by atoms with Crippen molar-refractivity contribution >= 4 is 12.4 Å². The first kappa shape index (κ1) is 13.8. The van der Waals surface area contributed by atoms with E-state index in [1.807, 2.05) is 0 Å². The molecule has 0 spiro atoms. The number of benzene rings is 1. The van der Waals surface area contributed by atoms with Crippen LogP contribution < -0.4 is 5.32 Å². The summed E-state index contributed by atoms with van der Waals surface area (Å²) < 4.78 is 0. The fraction of sp³-hybridized carbons (Fsp3) is 0.500. The molecule has 17 heavy (non-hydrogen) atoms. The minimum absolute atomic E-state index is 0. The molecule has 1 aromatic rings. The van der Waals surface area contributed by atoms with E-state index in [2.05, 4.69) is 39.6 Å². The van der Waals surface area contributed by atoms with Crippen molar-refractivity contribution in [2.75, 3.05) is 13.1 Å². The van der Waals surface area contributed by atoms with Gasteiger partial charge in [-0.15, -0.1) is 12.4 Å². The summed E-state index contributed by atoms with van der Waals surface area (Å²) in [6.45, 7) is 2.68. The molecule has 1 saturated heterocycles. The van der Waals surface area contributed by atoms with Gasteiger partial charge in [0.25, 0.3) is 0 Å². The van der Waals surface area contributed by atoms with Gasteiger partial charge in [0.1, 0.15) is 0 Å². The molecule has 1 fully saturated rings. The monoisotopic (exact) mass is 252 g/mol. The van der Waals surface area contributed by atoms with Crippen LogP contribution in [-0.4, -0.2) is 13.1 Å². The Morgan fingerprint density at radius 3 is 2.47 bits per heavy atom. The van der Waals surface area contributed by atoms with E-state index in [0.717, 1.165) is 18.7 Å². The minimum atomic E-state index is 0. The zero-order valence-electron chi connectivity index (χ0n) is 9.67. The van der Waals surface area contributed by atoms with Gasteiger partial charge < -0.3 is 5.32 Å². The fourth-order valence-corrected chi connectivity index (χ4v) is 2.16. The van der Waals surface area contributed by atoms with E-state index in [1.165, 1.54) is 18.4 Å². The molecule has 0 aromatic heterocycles. The van der Waals surface area contributed by atoms with Crippen molar-refractivity contribution < 1.29 is 0 Å². The Morgan fingerprint density at radius 1 is 1.24 bits per heavy atom. The van der Waals surface area contributed by atoms with E-state index in [-0.39, 0.29) is 12.4 Å². The average molecular weight is 253 g/mol. The quantitative estimate of drug-likeness (QED) is 0.500. The van der Waals surface area contributed by atoms with E-state index < -0.39 is 0 Å². The summed E-state index contributed by atoms with van der Waals surface area (Å²) in [7, 11) is 0. The highest BCUT2D eigenvalue weighted by atomic mass is 35.5. The summed E-state index contributed by atoms with van der Waals surface area (Å²) in [6.07, 6.45) is 2.44. The maximum absolute atomic E-state index is 8.24. The van der Waals surface area contributed by atoms with E-state index in [1.54, 1.807) is 0 Å². The first-order chi connectivity index (χ1) is 7.90. The van der Waals surface area contributed by atoms with Crippen LogP contribution in [0.5, 0.6) is 0 Å². The van der Waals surface area contributed by atoms with Crippen molar-refractivity contribution in [3.05, 3.63) is 45.8 Å². The number of hydrogen-bond donors (Lipinski definition) is 1. The largest absolute Gasteiger partial charge is 0.317 e. The smallest absolute Gasteiger partial charge is 0.0510 e. The molecule has 0 bridgehead atoms. The number of halogens is 1. The average Bonchev–Trinajstić information content (AvgIpc) is 2.38. The third-order valence-corrected chi connectivity index (χ3v) is 3.11. The number of piperidine rings is 1. The zero-order valence-corrected chi connectivity index (χ0v) is 10.5. The van der Waals surface area contributed by atoms with E-state index >= 15 is 0 Å². The molecule has 92 valence electrons. The lowest BCUT2D eigenvalue weighted by Gasteiger charge is -2.23. The van der Waals surface area contributed by atoms with Gasteiger partial charge in [-0.1, -0.05) is 29.4 Å². The fourth-order valence-electron chi connectivity index (χ4n) is 2.16. The molecule has 0 saturated carbocycles. The number of rotatable bonds is 3. The van der Waals surface area contributed by atoms with Crippen molar-refractivity contribution in [2.24, 2.45) is 5.11 Å². The maximum atomic E-state index is 8.24. The van der Waals surface area contributed by atoms with Crippen LogP contribution in [0, 0.1) is 0 Å². The van der Waals surface area contributed by atoms with Gasteiger partial charge in [-0.25, -0.2) is 0 Å². The highest BCUT2D eigenvalue weighted by molar-refractivity contribution is 5.85. The lowest BCUT2D eigenvalue weighted by atomic mass is 9.90. The summed E-state index contributed by atoms with van der Waals surface area (Å²) >= 11 is 0. The molecule has 0 aliphatic carbocycles. The summed E-state index contributed by atoms with van der Waals surface area (Å²) in [5.74, 6) is 0.690. The zero-order chi connectivity index (χ0) is 11.2. The normalized spacial score (nSPS) is 15.8. The predicted octanol–water partition coefficient (Wildman–Crippen LogP) is 3.39. The topological polar surface area (TPSA) is 60.8 Å². The summed E-state index contributed by atoms with van der Waals surface area (Å²) in [4.78, 5) is 2.76. The van der Waals surface area contributed by atoms with E-state index in [9.17, 15) is 0 Å². The second-order valence-electron chi connectivity index (χ2n) is 4.15. The van der Waals surface area contributed by atoms with Crippen molar-refractivity contribution in [1.29, 1.82) is 0 Å². The van der Waals surface area contributed by atoms with Gasteiger partial charge in [0.15, 0.2) is 0 Å². The Labute approximate surface area is 107 Å². The van der Waals surface area contributed by atoms with Gasteiger partial charge in [-0.2, -0.15) is 0 Å². The van der Waals surface area contributed by atoms with Crippen molar-refractivity contribution in [2.45, 2.75) is 25.3 Å². The molecule has 0 amide bonds. The van der Waals surface area contributed by atoms with Crippen molar-refractivity contribution in [3.8, 4) is 0 Å². The van der Waals surface area contributed by atoms with Gasteiger partial charge in [0.05, 0.1) is 6.54 Å². The molecule has 5 heteroatoms. The third kappa shape index (κ3) is 3.93. The van der Waals surface area contributed by atoms with Crippen LogP contribution in [-0.2, 0) is 6.54 Å². The standard InChI is InChI=1S/C12H16N4.ClH/c13-16-15-9-10-1-3-11(4-2-10)12-5-7-14-8-6-12;/h1-4,12,14H,5-9H2;1H. The van der Waals surface area contributed by atoms with Crippen LogP contribution in [0.3, 0.4) is 0 Å². The van der Waals surface area contributed by atoms with E-state index in [4.69, 9.17) is 5.53 Å².